The van der Waals surface area contributed by atoms with E-state index in [0.717, 1.165) is 12.1 Å². The number of benzene rings is 1. The van der Waals surface area contributed by atoms with Crippen molar-refractivity contribution in [1.82, 2.24) is 4.98 Å². The molecule has 0 atom stereocenters. The molecule has 0 radical (unpaired) electrons. The molecule has 1 N–H and O–H groups in total. The predicted molar refractivity (Wildman–Crippen MR) is 83.5 cm³/mol. The standard InChI is InChI=1S/C17H16FN3O2/c1-17(2,3)23-21-16(13-9-12(18)6-7-14(13)22)15-11(10-19)5-4-8-20-15/h4-9,22H,1-3H3/b21-16-. The van der Waals surface area contributed by atoms with Crippen LogP contribution in [0.25, 0.3) is 0 Å². The first-order chi connectivity index (χ1) is 10.8. The summed E-state index contributed by atoms with van der Waals surface area (Å²) < 4.78 is 13.6. The van der Waals surface area contributed by atoms with Crippen molar-refractivity contribution in [2.75, 3.05) is 0 Å². The van der Waals surface area contributed by atoms with Crippen LogP contribution in [0, 0.1) is 17.1 Å². The average Bonchev–Trinajstić information content (AvgIpc) is 2.50. The number of nitriles is 1. The van der Waals surface area contributed by atoms with E-state index in [2.05, 4.69) is 10.1 Å². The Hall–Kier alpha value is -2.94. The lowest BCUT2D eigenvalue weighted by Gasteiger charge is -2.17. The Morgan fingerprint density at radius 1 is 1.35 bits per heavy atom. The van der Waals surface area contributed by atoms with Crippen LogP contribution in [0.15, 0.2) is 41.7 Å². The molecule has 2 rings (SSSR count). The molecule has 1 aromatic heterocycles. The first-order valence-electron chi connectivity index (χ1n) is 6.92. The van der Waals surface area contributed by atoms with Crippen molar-refractivity contribution in [3.05, 3.63) is 59.2 Å². The third-order valence-electron chi connectivity index (χ3n) is 2.78. The van der Waals surface area contributed by atoms with Gasteiger partial charge in [-0.25, -0.2) is 4.39 Å². The Balaban J connectivity index is 2.66. The highest BCUT2D eigenvalue weighted by molar-refractivity contribution is 6.14. The van der Waals surface area contributed by atoms with E-state index >= 15 is 0 Å². The molecule has 0 aliphatic rings. The SMILES string of the molecule is CC(C)(C)O/N=C(/c1cc(F)ccc1O)c1ncccc1C#N. The normalized spacial score (nSPS) is 11.9. The minimum Gasteiger partial charge on any atom is -0.507 e. The number of hydrogen-bond acceptors (Lipinski definition) is 5. The third kappa shape index (κ3) is 4.04. The number of halogens is 1. The highest BCUT2D eigenvalue weighted by atomic mass is 19.1. The summed E-state index contributed by atoms with van der Waals surface area (Å²) in [5.74, 6) is -0.729. The Labute approximate surface area is 133 Å². The maximum Gasteiger partial charge on any atom is 0.140 e. The molecular weight excluding hydrogens is 297 g/mol. The molecule has 0 bridgehead atoms. The van der Waals surface area contributed by atoms with Crippen LogP contribution in [0.5, 0.6) is 5.75 Å². The summed E-state index contributed by atoms with van der Waals surface area (Å²) in [6.07, 6.45) is 1.49. The Morgan fingerprint density at radius 2 is 2.09 bits per heavy atom. The molecule has 0 amide bonds. The van der Waals surface area contributed by atoms with Gasteiger partial charge in [0.05, 0.1) is 11.1 Å². The number of phenolic OH excluding ortho intramolecular Hbond substituents is 1. The van der Waals surface area contributed by atoms with Crippen molar-refractivity contribution in [2.45, 2.75) is 26.4 Å². The fourth-order valence-electron chi connectivity index (χ4n) is 1.78. The molecule has 2 aromatic rings. The summed E-state index contributed by atoms with van der Waals surface area (Å²) in [4.78, 5) is 9.53. The number of aromatic nitrogens is 1. The number of rotatable bonds is 3. The van der Waals surface area contributed by atoms with Gasteiger partial charge in [0.2, 0.25) is 0 Å². The van der Waals surface area contributed by atoms with E-state index < -0.39 is 11.4 Å². The summed E-state index contributed by atoms with van der Waals surface area (Å²) in [7, 11) is 0. The second-order valence-corrected chi connectivity index (χ2v) is 5.82. The zero-order valence-corrected chi connectivity index (χ0v) is 13.0. The molecule has 6 heteroatoms. The Bertz CT molecular complexity index is 789. The average molecular weight is 313 g/mol. The fraction of sp³-hybridized carbons (Fsp3) is 0.235. The van der Waals surface area contributed by atoms with Gasteiger partial charge in [0.15, 0.2) is 0 Å². The molecule has 118 valence electrons. The van der Waals surface area contributed by atoms with Gasteiger partial charge in [0.1, 0.15) is 34.6 Å². The van der Waals surface area contributed by atoms with Crippen LogP contribution in [0.4, 0.5) is 4.39 Å². The predicted octanol–water partition coefficient (Wildman–Crippen LogP) is 3.37. The van der Waals surface area contributed by atoms with Crippen LogP contribution in [0.2, 0.25) is 0 Å². The summed E-state index contributed by atoms with van der Waals surface area (Å²) in [6, 6.07) is 8.64. The van der Waals surface area contributed by atoms with Gasteiger partial charge >= 0.3 is 0 Å². The third-order valence-corrected chi connectivity index (χ3v) is 2.78. The molecule has 23 heavy (non-hydrogen) atoms. The van der Waals surface area contributed by atoms with Crippen molar-refractivity contribution in [2.24, 2.45) is 5.16 Å². The van der Waals surface area contributed by atoms with Gasteiger partial charge in [-0.2, -0.15) is 5.26 Å². The Morgan fingerprint density at radius 3 is 2.74 bits per heavy atom. The number of nitrogens with zero attached hydrogens (tertiary/aromatic N) is 3. The lowest BCUT2D eigenvalue weighted by molar-refractivity contribution is 0.00111. The van der Waals surface area contributed by atoms with Crippen LogP contribution in [0.1, 0.15) is 37.6 Å². The molecule has 0 saturated heterocycles. The number of pyridine rings is 1. The summed E-state index contributed by atoms with van der Waals surface area (Å²) in [6.45, 7) is 5.38. The van der Waals surface area contributed by atoms with Gasteiger partial charge in [-0.3, -0.25) is 4.98 Å². The number of phenols is 1. The number of aromatic hydroxyl groups is 1. The van der Waals surface area contributed by atoms with E-state index in [-0.39, 0.29) is 28.3 Å². The van der Waals surface area contributed by atoms with E-state index in [4.69, 9.17) is 4.84 Å². The summed E-state index contributed by atoms with van der Waals surface area (Å²) in [5.41, 5.74) is 0.0431. The second kappa shape index (κ2) is 6.44. The van der Waals surface area contributed by atoms with Crippen LogP contribution in [0.3, 0.4) is 0 Å². The largest absolute Gasteiger partial charge is 0.507 e. The van der Waals surface area contributed by atoms with E-state index in [1.54, 1.807) is 32.9 Å². The monoisotopic (exact) mass is 313 g/mol. The molecular formula is C17H16FN3O2. The number of oxime groups is 1. The molecule has 0 saturated carbocycles. The van der Waals surface area contributed by atoms with Crippen molar-refractivity contribution >= 4 is 5.71 Å². The maximum absolute atomic E-state index is 13.6. The van der Waals surface area contributed by atoms with E-state index in [1.165, 1.54) is 12.3 Å². The minimum atomic E-state index is -0.601. The zero-order valence-electron chi connectivity index (χ0n) is 13.0. The lowest BCUT2D eigenvalue weighted by atomic mass is 10.0. The minimum absolute atomic E-state index is 0.0917. The van der Waals surface area contributed by atoms with Crippen molar-refractivity contribution in [3.63, 3.8) is 0 Å². The fourth-order valence-corrected chi connectivity index (χ4v) is 1.78. The molecule has 0 fully saturated rings. The van der Waals surface area contributed by atoms with Crippen LogP contribution < -0.4 is 0 Å². The van der Waals surface area contributed by atoms with E-state index in [1.807, 2.05) is 6.07 Å². The molecule has 5 nitrogen and oxygen atoms in total. The Kier molecular flexibility index (Phi) is 4.60. The molecule has 0 aliphatic carbocycles. The van der Waals surface area contributed by atoms with Crippen LogP contribution in [-0.4, -0.2) is 21.4 Å². The highest BCUT2D eigenvalue weighted by Crippen LogP contribution is 2.24. The van der Waals surface area contributed by atoms with Gasteiger partial charge in [0, 0.05) is 6.20 Å². The maximum atomic E-state index is 13.6. The molecule has 0 aliphatic heterocycles. The van der Waals surface area contributed by atoms with Crippen LogP contribution >= 0.6 is 0 Å². The van der Waals surface area contributed by atoms with Gasteiger partial charge < -0.3 is 9.94 Å². The summed E-state index contributed by atoms with van der Waals surface area (Å²) in [5, 5.41) is 23.3. The smallest absolute Gasteiger partial charge is 0.140 e. The topological polar surface area (TPSA) is 78.5 Å². The van der Waals surface area contributed by atoms with Gasteiger partial charge in [0.25, 0.3) is 0 Å². The number of hydrogen-bond donors (Lipinski definition) is 1. The molecule has 1 aromatic carbocycles. The van der Waals surface area contributed by atoms with Crippen molar-refractivity contribution < 1.29 is 14.3 Å². The van der Waals surface area contributed by atoms with Crippen LogP contribution in [-0.2, 0) is 4.84 Å². The van der Waals surface area contributed by atoms with Crippen molar-refractivity contribution in [3.8, 4) is 11.8 Å². The van der Waals surface area contributed by atoms with Gasteiger partial charge in [-0.1, -0.05) is 5.16 Å². The lowest BCUT2D eigenvalue weighted by Crippen LogP contribution is -2.18. The van der Waals surface area contributed by atoms with E-state index in [9.17, 15) is 14.8 Å². The zero-order chi connectivity index (χ0) is 17.0. The summed E-state index contributed by atoms with van der Waals surface area (Å²) >= 11 is 0. The first kappa shape index (κ1) is 16.4. The van der Waals surface area contributed by atoms with E-state index in [0.29, 0.717) is 0 Å². The van der Waals surface area contributed by atoms with Crippen molar-refractivity contribution in [1.29, 1.82) is 5.26 Å². The van der Waals surface area contributed by atoms with Gasteiger partial charge in [-0.15, -0.1) is 0 Å². The first-order valence-corrected chi connectivity index (χ1v) is 6.92. The molecule has 0 spiro atoms. The molecule has 1 heterocycles. The highest BCUT2D eigenvalue weighted by Gasteiger charge is 2.20. The molecule has 0 unspecified atom stereocenters. The quantitative estimate of drug-likeness (QED) is 0.696. The second-order valence-electron chi connectivity index (χ2n) is 5.82. The van der Waals surface area contributed by atoms with Gasteiger partial charge in [-0.05, 0) is 51.1 Å².